The van der Waals surface area contributed by atoms with Gasteiger partial charge in [-0.2, -0.15) is 0 Å². The van der Waals surface area contributed by atoms with Crippen molar-refractivity contribution in [1.29, 1.82) is 0 Å². The lowest BCUT2D eigenvalue weighted by Gasteiger charge is -2.20. The predicted molar refractivity (Wildman–Crippen MR) is 87.9 cm³/mol. The first-order chi connectivity index (χ1) is 10.9. The number of aryl methyl sites for hydroxylation is 1. The van der Waals surface area contributed by atoms with Gasteiger partial charge in [-0.3, -0.25) is 4.79 Å². The molecule has 2 aliphatic rings. The summed E-state index contributed by atoms with van der Waals surface area (Å²) in [6.45, 7) is 2.38. The van der Waals surface area contributed by atoms with Crippen LogP contribution in [0, 0.1) is 11.8 Å². The summed E-state index contributed by atoms with van der Waals surface area (Å²) in [5, 5.41) is 10.2. The second kappa shape index (κ2) is 6.57. The third-order valence-electron chi connectivity index (χ3n) is 4.66. The molecule has 124 valence electrons. The topological polar surface area (TPSA) is 60.9 Å². The average molecular weight is 357 g/mol. The van der Waals surface area contributed by atoms with Gasteiger partial charge in [-0.25, -0.2) is 4.79 Å². The molecular weight excluding hydrogens is 339 g/mol. The van der Waals surface area contributed by atoms with E-state index >= 15 is 0 Å². The first-order valence-electron chi connectivity index (χ1n) is 7.63. The molecular formula is C16H18Cl2N2O3. The summed E-state index contributed by atoms with van der Waals surface area (Å²) in [6.07, 6.45) is 0.153. The van der Waals surface area contributed by atoms with Crippen molar-refractivity contribution in [3.8, 4) is 0 Å². The summed E-state index contributed by atoms with van der Waals surface area (Å²) in [5.74, 6) is 0.656. The normalized spacial score (nSPS) is 23.2. The molecule has 1 N–H and O–H groups in total. The number of hydrogen-bond acceptors (Lipinski definition) is 2. The highest BCUT2D eigenvalue weighted by molar-refractivity contribution is 6.34. The highest BCUT2D eigenvalue weighted by Crippen LogP contribution is 2.31. The van der Waals surface area contributed by atoms with E-state index in [9.17, 15) is 9.59 Å². The van der Waals surface area contributed by atoms with Crippen LogP contribution in [-0.2, 0) is 11.2 Å². The van der Waals surface area contributed by atoms with E-state index in [0.717, 1.165) is 5.56 Å². The quantitative estimate of drug-likeness (QED) is 0.905. The minimum absolute atomic E-state index is 0.109. The van der Waals surface area contributed by atoms with E-state index in [2.05, 4.69) is 0 Å². The van der Waals surface area contributed by atoms with Crippen molar-refractivity contribution < 1.29 is 14.7 Å². The van der Waals surface area contributed by atoms with Gasteiger partial charge in [0.1, 0.15) is 0 Å². The summed E-state index contributed by atoms with van der Waals surface area (Å²) in [7, 11) is 0. The predicted octanol–water partition coefficient (Wildman–Crippen LogP) is 2.99. The van der Waals surface area contributed by atoms with Crippen molar-refractivity contribution >= 4 is 35.2 Å². The van der Waals surface area contributed by atoms with Crippen LogP contribution < -0.4 is 0 Å². The van der Waals surface area contributed by atoms with E-state index in [0.29, 0.717) is 49.1 Å². The molecule has 2 aliphatic heterocycles. The summed E-state index contributed by atoms with van der Waals surface area (Å²) in [4.78, 5) is 26.7. The average Bonchev–Trinajstić information content (AvgIpc) is 3.02. The Bertz CT molecular complexity index is 604. The highest BCUT2D eigenvalue weighted by Gasteiger charge is 2.42. The Morgan fingerprint density at radius 2 is 1.52 bits per heavy atom. The fourth-order valence-corrected chi connectivity index (χ4v) is 4.09. The Balaban J connectivity index is 1.52. The Morgan fingerprint density at radius 1 is 1.00 bits per heavy atom. The second-order valence-corrected chi connectivity index (χ2v) is 7.16. The van der Waals surface area contributed by atoms with E-state index in [-0.39, 0.29) is 17.7 Å². The number of benzene rings is 1. The van der Waals surface area contributed by atoms with Gasteiger partial charge >= 0.3 is 6.09 Å². The number of hydrogen-bond donors (Lipinski definition) is 1. The number of carboxylic acid groups (broad SMARTS) is 1. The molecule has 2 heterocycles. The van der Waals surface area contributed by atoms with Crippen molar-refractivity contribution in [1.82, 2.24) is 9.80 Å². The molecule has 5 nitrogen and oxygen atoms in total. The number of rotatable bonds is 3. The zero-order valence-corrected chi connectivity index (χ0v) is 14.1. The van der Waals surface area contributed by atoms with Gasteiger partial charge in [0.15, 0.2) is 0 Å². The van der Waals surface area contributed by atoms with Crippen LogP contribution in [0.3, 0.4) is 0 Å². The molecule has 2 atom stereocenters. The molecule has 1 aromatic rings. The second-order valence-electron chi connectivity index (χ2n) is 6.28. The fourth-order valence-electron chi connectivity index (χ4n) is 3.52. The van der Waals surface area contributed by atoms with Gasteiger partial charge in [0, 0.05) is 54.5 Å². The van der Waals surface area contributed by atoms with E-state index < -0.39 is 6.09 Å². The van der Waals surface area contributed by atoms with Gasteiger partial charge in [0.05, 0.1) is 0 Å². The molecule has 0 saturated carbocycles. The van der Waals surface area contributed by atoms with Gasteiger partial charge in [-0.1, -0.05) is 23.2 Å². The maximum absolute atomic E-state index is 12.4. The number of carbonyl (C=O) groups is 2. The lowest BCUT2D eigenvalue weighted by Crippen LogP contribution is -2.35. The van der Waals surface area contributed by atoms with Crippen molar-refractivity contribution in [3.05, 3.63) is 33.8 Å². The third-order valence-corrected chi connectivity index (χ3v) is 5.10. The first kappa shape index (κ1) is 16.4. The smallest absolute Gasteiger partial charge is 0.407 e. The SMILES string of the molecule is O=C(O)N1CC2CN(C(=O)CCc3cc(Cl)cc(Cl)c3)CC2C1. The van der Waals surface area contributed by atoms with Gasteiger partial charge in [0.25, 0.3) is 0 Å². The van der Waals surface area contributed by atoms with Crippen molar-refractivity contribution in [3.63, 3.8) is 0 Å². The fraction of sp³-hybridized carbons (Fsp3) is 0.500. The molecule has 23 heavy (non-hydrogen) atoms. The van der Waals surface area contributed by atoms with E-state index in [4.69, 9.17) is 28.3 Å². The third kappa shape index (κ3) is 3.72. The van der Waals surface area contributed by atoms with E-state index in [1.807, 2.05) is 17.0 Å². The maximum Gasteiger partial charge on any atom is 0.407 e. The summed E-state index contributed by atoms with van der Waals surface area (Å²) < 4.78 is 0. The van der Waals surface area contributed by atoms with Crippen LogP contribution in [0.25, 0.3) is 0 Å². The molecule has 0 aromatic heterocycles. The summed E-state index contributed by atoms with van der Waals surface area (Å²) in [6, 6.07) is 5.32. The Hall–Kier alpha value is -1.46. The lowest BCUT2D eigenvalue weighted by molar-refractivity contribution is -0.130. The standard InChI is InChI=1S/C16H18Cl2N2O3/c17-13-3-10(4-14(18)5-13)1-2-15(21)19-6-11-8-20(16(22)23)9-12(11)7-19/h3-5,11-12H,1-2,6-9H2,(H,22,23). The van der Waals surface area contributed by atoms with Gasteiger partial charge < -0.3 is 14.9 Å². The number of amides is 2. The number of carbonyl (C=O) groups excluding carboxylic acids is 1. The number of likely N-dealkylation sites (tertiary alicyclic amines) is 2. The van der Waals surface area contributed by atoms with Crippen LogP contribution in [0.1, 0.15) is 12.0 Å². The molecule has 0 spiro atoms. The van der Waals surface area contributed by atoms with Crippen molar-refractivity contribution in [2.24, 2.45) is 11.8 Å². The molecule has 1 aromatic carbocycles. The largest absolute Gasteiger partial charge is 0.465 e. The van der Waals surface area contributed by atoms with Gasteiger partial charge in [-0.15, -0.1) is 0 Å². The van der Waals surface area contributed by atoms with Crippen LogP contribution in [0.5, 0.6) is 0 Å². The van der Waals surface area contributed by atoms with Gasteiger partial charge in [-0.05, 0) is 30.2 Å². The first-order valence-corrected chi connectivity index (χ1v) is 8.38. The maximum atomic E-state index is 12.4. The molecule has 7 heteroatoms. The van der Waals surface area contributed by atoms with Crippen LogP contribution in [0.4, 0.5) is 4.79 Å². The minimum atomic E-state index is -0.866. The van der Waals surface area contributed by atoms with Crippen LogP contribution in [-0.4, -0.2) is 53.1 Å². The Morgan fingerprint density at radius 3 is 2.04 bits per heavy atom. The number of halogens is 2. The molecule has 3 rings (SSSR count). The molecule has 0 aliphatic carbocycles. The van der Waals surface area contributed by atoms with Crippen LogP contribution in [0.15, 0.2) is 18.2 Å². The molecule has 0 radical (unpaired) electrons. The number of fused-ring (bicyclic) bond motifs is 1. The zero-order valence-electron chi connectivity index (χ0n) is 12.5. The van der Waals surface area contributed by atoms with Crippen LogP contribution in [0.2, 0.25) is 10.0 Å². The summed E-state index contributed by atoms with van der Waals surface area (Å²) in [5.41, 5.74) is 0.951. The zero-order chi connectivity index (χ0) is 16.6. The lowest BCUT2D eigenvalue weighted by atomic mass is 10.0. The van der Waals surface area contributed by atoms with E-state index in [1.165, 1.54) is 4.90 Å². The van der Waals surface area contributed by atoms with Crippen LogP contribution >= 0.6 is 23.2 Å². The Labute approximate surface area is 144 Å². The van der Waals surface area contributed by atoms with Crippen molar-refractivity contribution in [2.45, 2.75) is 12.8 Å². The highest BCUT2D eigenvalue weighted by atomic mass is 35.5. The number of nitrogens with zero attached hydrogens (tertiary/aromatic N) is 2. The molecule has 2 unspecified atom stereocenters. The van der Waals surface area contributed by atoms with E-state index in [1.54, 1.807) is 6.07 Å². The van der Waals surface area contributed by atoms with Gasteiger partial charge in [0.2, 0.25) is 5.91 Å². The molecule has 2 saturated heterocycles. The minimum Gasteiger partial charge on any atom is -0.465 e. The monoisotopic (exact) mass is 356 g/mol. The molecule has 2 fully saturated rings. The Kier molecular flexibility index (Phi) is 4.69. The molecule has 2 amide bonds. The van der Waals surface area contributed by atoms with Crippen molar-refractivity contribution in [2.75, 3.05) is 26.2 Å². The molecule has 0 bridgehead atoms. The summed E-state index contributed by atoms with van der Waals surface area (Å²) >= 11 is 11.9.